The number of pyridine rings is 1. The predicted octanol–water partition coefficient (Wildman–Crippen LogP) is 2.99. The lowest BCUT2D eigenvalue weighted by molar-refractivity contribution is -0.140. The van der Waals surface area contributed by atoms with E-state index in [1.54, 1.807) is 17.5 Å². The van der Waals surface area contributed by atoms with Crippen LogP contribution in [0.1, 0.15) is 34.0 Å². The Morgan fingerprint density at radius 1 is 1.42 bits per heavy atom. The fraction of sp³-hybridized carbons (Fsp3) is 0.353. The summed E-state index contributed by atoms with van der Waals surface area (Å²) in [4.78, 5) is 20.6. The van der Waals surface area contributed by atoms with Crippen LogP contribution >= 0.6 is 23.6 Å². The molecule has 2 aromatic heterocycles. The van der Waals surface area contributed by atoms with Crippen molar-refractivity contribution in [3.63, 3.8) is 0 Å². The van der Waals surface area contributed by atoms with Gasteiger partial charge in [0.05, 0.1) is 31.3 Å². The topological polar surface area (TPSA) is 54.5 Å². The number of methoxy groups -OCH3 is 1. The van der Waals surface area contributed by atoms with Crippen LogP contribution in [0.5, 0.6) is 0 Å². The maximum atomic E-state index is 11.6. The lowest BCUT2D eigenvalue weighted by Crippen LogP contribution is -2.31. The Hall–Kier alpha value is -1.99. The molecule has 0 amide bonds. The van der Waals surface area contributed by atoms with Crippen LogP contribution < -0.4 is 5.32 Å². The lowest BCUT2D eigenvalue weighted by atomic mass is 10.0. The summed E-state index contributed by atoms with van der Waals surface area (Å²) < 4.78 is 4.76. The summed E-state index contributed by atoms with van der Waals surface area (Å²) in [6, 6.07) is 10.1. The second-order valence-corrected chi connectivity index (χ2v) is 7.30. The minimum absolute atomic E-state index is 0.0238. The highest BCUT2D eigenvalue weighted by Crippen LogP contribution is 2.41. The monoisotopic (exact) mass is 361 g/mol. The number of hydrogen-bond donors (Lipinski definition) is 1. The molecule has 1 aliphatic heterocycles. The van der Waals surface area contributed by atoms with Gasteiger partial charge in [0.25, 0.3) is 0 Å². The van der Waals surface area contributed by atoms with Gasteiger partial charge < -0.3 is 15.0 Å². The van der Waals surface area contributed by atoms with E-state index in [0.29, 0.717) is 18.1 Å². The van der Waals surface area contributed by atoms with E-state index in [1.165, 1.54) is 16.9 Å². The molecular formula is C17H19N3O2S2. The highest BCUT2D eigenvalue weighted by Gasteiger charge is 2.40. The third kappa shape index (κ3) is 3.42. The molecule has 3 heterocycles. The Labute approximate surface area is 150 Å². The van der Waals surface area contributed by atoms with Gasteiger partial charge in [0, 0.05) is 22.5 Å². The maximum Gasteiger partial charge on any atom is 0.307 e. The lowest BCUT2D eigenvalue weighted by Gasteiger charge is -2.26. The van der Waals surface area contributed by atoms with Crippen LogP contribution in [-0.2, 0) is 9.53 Å². The van der Waals surface area contributed by atoms with E-state index in [1.807, 2.05) is 18.2 Å². The molecule has 5 nitrogen and oxygen atoms in total. The summed E-state index contributed by atoms with van der Waals surface area (Å²) >= 11 is 7.27. The average molecular weight is 361 g/mol. The molecule has 0 saturated carbocycles. The number of carbonyl (C=O) groups excluding carboxylic acids is 1. The summed E-state index contributed by atoms with van der Waals surface area (Å²) in [5, 5.41) is 4.01. The number of thiocarbonyl (C=S) groups is 1. The molecule has 0 unspecified atom stereocenters. The van der Waals surface area contributed by atoms with Gasteiger partial charge >= 0.3 is 5.97 Å². The van der Waals surface area contributed by atoms with Gasteiger partial charge in [0.2, 0.25) is 0 Å². The third-order valence-corrected chi connectivity index (χ3v) is 5.46. The molecule has 1 N–H and O–H groups in total. The van der Waals surface area contributed by atoms with Crippen molar-refractivity contribution in [2.45, 2.75) is 25.4 Å². The van der Waals surface area contributed by atoms with Crippen molar-refractivity contribution < 1.29 is 9.53 Å². The van der Waals surface area contributed by atoms with Gasteiger partial charge in [-0.3, -0.25) is 9.78 Å². The van der Waals surface area contributed by atoms with Crippen LogP contribution in [0.4, 0.5) is 0 Å². The highest BCUT2D eigenvalue weighted by molar-refractivity contribution is 7.80. The maximum absolute atomic E-state index is 11.6. The number of nitrogens with one attached hydrogen (secondary N) is 1. The number of esters is 1. The van der Waals surface area contributed by atoms with Crippen molar-refractivity contribution in [1.82, 2.24) is 15.2 Å². The molecule has 3 rings (SSSR count). The number of aromatic nitrogens is 1. The second-order valence-electron chi connectivity index (χ2n) is 5.59. The van der Waals surface area contributed by atoms with Gasteiger partial charge in [0.15, 0.2) is 5.11 Å². The summed E-state index contributed by atoms with van der Waals surface area (Å²) in [5.74, 6) is -0.236. The van der Waals surface area contributed by atoms with Crippen molar-refractivity contribution in [3.05, 3.63) is 52.0 Å². The van der Waals surface area contributed by atoms with Crippen LogP contribution in [0.15, 0.2) is 36.5 Å². The zero-order valence-corrected chi connectivity index (χ0v) is 15.2. The normalized spacial score (nSPS) is 20.1. The third-order valence-electron chi connectivity index (χ3n) is 4.03. The first kappa shape index (κ1) is 16.9. The molecule has 1 saturated heterocycles. The minimum atomic E-state index is -0.236. The molecule has 2 aromatic rings. The molecule has 7 heteroatoms. The Bertz CT molecular complexity index is 732. The first-order chi connectivity index (χ1) is 11.6. The van der Waals surface area contributed by atoms with Crippen molar-refractivity contribution in [2.75, 3.05) is 13.7 Å². The molecule has 0 aliphatic carbocycles. The van der Waals surface area contributed by atoms with Gasteiger partial charge in [-0.2, -0.15) is 0 Å². The number of rotatable bonds is 5. The van der Waals surface area contributed by atoms with Crippen LogP contribution in [0.25, 0.3) is 0 Å². The van der Waals surface area contributed by atoms with E-state index in [2.05, 4.69) is 34.3 Å². The first-order valence-corrected chi connectivity index (χ1v) is 8.94. The van der Waals surface area contributed by atoms with Gasteiger partial charge in [-0.15, -0.1) is 11.3 Å². The standard InChI is InChI=1S/C17H19N3O2S2/c1-11-6-7-13(24-11)16-15(12-5-3-4-9-18-12)19-17(23)20(16)10-8-14(21)22-2/h3-7,9,15-16H,8,10H2,1-2H3,(H,19,23)/t15-,16-/m0/s1. The number of thiophene rings is 1. The van der Waals surface area contributed by atoms with Gasteiger partial charge in [-0.25, -0.2) is 0 Å². The van der Waals surface area contributed by atoms with E-state index in [4.69, 9.17) is 17.0 Å². The van der Waals surface area contributed by atoms with Crippen molar-refractivity contribution in [2.24, 2.45) is 0 Å². The molecule has 2 atom stereocenters. The Kier molecular flexibility index (Phi) is 5.11. The zero-order valence-electron chi connectivity index (χ0n) is 13.6. The molecule has 0 aromatic carbocycles. The second kappa shape index (κ2) is 7.27. The predicted molar refractivity (Wildman–Crippen MR) is 97.8 cm³/mol. The SMILES string of the molecule is COC(=O)CCN1C(=S)N[C@@H](c2ccccn2)[C@@H]1c1ccc(C)s1. The molecule has 24 heavy (non-hydrogen) atoms. The molecule has 0 spiro atoms. The fourth-order valence-electron chi connectivity index (χ4n) is 2.88. The molecule has 126 valence electrons. The van der Waals surface area contributed by atoms with Gasteiger partial charge in [-0.05, 0) is 43.4 Å². The first-order valence-electron chi connectivity index (χ1n) is 7.71. The molecule has 0 radical (unpaired) electrons. The van der Waals surface area contributed by atoms with Crippen LogP contribution in [-0.4, -0.2) is 34.6 Å². The fourth-order valence-corrected chi connectivity index (χ4v) is 4.24. The number of ether oxygens (including phenoxy) is 1. The van der Waals surface area contributed by atoms with E-state index >= 15 is 0 Å². The van der Waals surface area contributed by atoms with Crippen LogP contribution in [0.2, 0.25) is 0 Å². The Morgan fingerprint density at radius 2 is 2.25 bits per heavy atom. The number of nitrogens with zero attached hydrogens (tertiary/aromatic N) is 2. The van der Waals surface area contributed by atoms with Gasteiger partial charge in [-0.1, -0.05) is 6.07 Å². The molecular weight excluding hydrogens is 342 g/mol. The molecule has 0 bridgehead atoms. The molecule has 1 fully saturated rings. The quantitative estimate of drug-likeness (QED) is 0.653. The van der Waals surface area contributed by atoms with Crippen LogP contribution in [0, 0.1) is 6.92 Å². The Balaban J connectivity index is 1.92. The number of hydrogen-bond acceptors (Lipinski definition) is 5. The van der Waals surface area contributed by atoms with E-state index < -0.39 is 0 Å². The van der Waals surface area contributed by atoms with Crippen molar-refractivity contribution >= 4 is 34.6 Å². The number of aryl methyl sites for hydroxylation is 1. The van der Waals surface area contributed by atoms with Crippen LogP contribution in [0.3, 0.4) is 0 Å². The van der Waals surface area contributed by atoms with Crippen molar-refractivity contribution in [3.8, 4) is 0 Å². The van der Waals surface area contributed by atoms with Crippen molar-refractivity contribution in [1.29, 1.82) is 0 Å². The largest absolute Gasteiger partial charge is 0.469 e. The van der Waals surface area contributed by atoms with E-state index in [-0.39, 0.29) is 18.1 Å². The summed E-state index contributed by atoms with van der Waals surface area (Å²) in [6.07, 6.45) is 2.09. The Morgan fingerprint density at radius 3 is 2.88 bits per heavy atom. The van der Waals surface area contributed by atoms with E-state index in [0.717, 1.165) is 5.69 Å². The average Bonchev–Trinajstić information content (AvgIpc) is 3.16. The van der Waals surface area contributed by atoms with E-state index in [9.17, 15) is 4.79 Å². The summed E-state index contributed by atoms with van der Waals surface area (Å²) in [5.41, 5.74) is 0.941. The smallest absolute Gasteiger partial charge is 0.307 e. The highest BCUT2D eigenvalue weighted by atomic mass is 32.1. The summed E-state index contributed by atoms with van der Waals surface area (Å²) in [7, 11) is 1.40. The number of carbonyl (C=O) groups is 1. The van der Waals surface area contributed by atoms with Gasteiger partial charge in [0.1, 0.15) is 0 Å². The molecule has 1 aliphatic rings. The zero-order chi connectivity index (χ0) is 17.1. The summed E-state index contributed by atoms with van der Waals surface area (Å²) in [6.45, 7) is 2.60. The minimum Gasteiger partial charge on any atom is -0.469 e.